The van der Waals surface area contributed by atoms with Gasteiger partial charge in [-0.05, 0) is 35.6 Å². The molecule has 0 aliphatic heterocycles. The summed E-state index contributed by atoms with van der Waals surface area (Å²) in [6.45, 7) is 2.66. The van der Waals surface area contributed by atoms with Crippen LogP contribution >= 0.6 is 0 Å². The lowest BCUT2D eigenvalue weighted by molar-refractivity contribution is 0.539. The Hall–Kier alpha value is -2.11. The van der Waals surface area contributed by atoms with Crippen LogP contribution < -0.4 is 5.32 Å². The largest absolute Gasteiger partial charge is 0.305 e. The predicted molar refractivity (Wildman–Crippen MR) is 80.3 cm³/mol. The molecule has 1 atom stereocenters. The normalized spacial score (nSPS) is 15.0. The summed E-state index contributed by atoms with van der Waals surface area (Å²) in [6.07, 6.45) is 0.998. The van der Waals surface area contributed by atoms with Crippen LogP contribution in [0.25, 0.3) is 0 Å². The summed E-state index contributed by atoms with van der Waals surface area (Å²) >= 11 is 0. The molecule has 0 bridgehead atoms. The van der Waals surface area contributed by atoms with Gasteiger partial charge in [-0.1, -0.05) is 48.5 Å². The summed E-state index contributed by atoms with van der Waals surface area (Å²) in [4.78, 5) is 0. The van der Waals surface area contributed by atoms with Crippen molar-refractivity contribution >= 4 is 0 Å². The molecule has 1 unspecified atom stereocenters. The Balaban J connectivity index is 1.97. The Kier molecular flexibility index (Phi) is 3.54. The second kappa shape index (κ2) is 5.48. The Bertz CT molecular complexity index is 609. The summed E-state index contributed by atoms with van der Waals surface area (Å²) < 4.78 is 0. The molecule has 3 rings (SSSR count). The van der Waals surface area contributed by atoms with Crippen LogP contribution in [0.4, 0.5) is 0 Å². The zero-order chi connectivity index (χ0) is 13.9. The first-order chi connectivity index (χ1) is 9.79. The molecule has 0 saturated heterocycles. The molecule has 0 heterocycles. The molecule has 2 nitrogen and oxygen atoms in total. The van der Waals surface area contributed by atoms with Crippen molar-refractivity contribution in [2.24, 2.45) is 5.92 Å². The van der Waals surface area contributed by atoms with Crippen molar-refractivity contribution in [1.82, 2.24) is 5.32 Å². The maximum atomic E-state index is 8.96. The summed E-state index contributed by atoms with van der Waals surface area (Å²) in [5.74, 6) is 0.0243. The van der Waals surface area contributed by atoms with E-state index in [0.717, 1.165) is 6.42 Å². The highest BCUT2D eigenvalue weighted by Crippen LogP contribution is 2.34. The molecular weight excluding hydrogens is 244 g/mol. The fourth-order valence-electron chi connectivity index (χ4n) is 2.89. The molecule has 0 amide bonds. The maximum absolute atomic E-state index is 8.96. The van der Waals surface area contributed by atoms with Gasteiger partial charge in [0.2, 0.25) is 0 Å². The van der Waals surface area contributed by atoms with Crippen LogP contribution in [0.1, 0.15) is 35.2 Å². The van der Waals surface area contributed by atoms with E-state index in [4.69, 9.17) is 5.26 Å². The van der Waals surface area contributed by atoms with Gasteiger partial charge in [0.25, 0.3) is 0 Å². The Morgan fingerprint density at radius 1 is 1.10 bits per heavy atom. The lowest BCUT2D eigenvalue weighted by Gasteiger charge is -2.29. The highest BCUT2D eigenvalue weighted by Gasteiger charge is 2.24. The minimum Gasteiger partial charge on any atom is -0.305 e. The molecule has 1 aliphatic carbocycles. The number of benzene rings is 2. The third-order valence-corrected chi connectivity index (χ3v) is 3.96. The lowest BCUT2D eigenvalue weighted by atomic mass is 9.82. The second-order valence-electron chi connectivity index (χ2n) is 5.45. The predicted octanol–water partition coefficient (Wildman–Crippen LogP) is 3.43. The summed E-state index contributed by atoms with van der Waals surface area (Å²) in [6, 6.07) is 19.7. The summed E-state index contributed by atoms with van der Waals surface area (Å²) in [7, 11) is 0. The molecular formula is C18H18N2. The molecule has 100 valence electrons. The average molecular weight is 262 g/mol. The van der Waals surface area contributed by atoms with E-state index in [2.05, 4.69) is 59.9 Å². The number of nitriles is 1. The van der Waals surface area contributed by atoms with Gasteiger partial charge in [-0.3, -0.25) is 0 Å². The molecule has 0 radical (unpaired) electrons. The van der Waals surface area contributed by atoms with E-state index in [1.54, 1.807) is 0 Å². The van der Waals surface area contributed by atoms with Gasteiger partial charge in [0.1, 0.15) is 0 Å². The Morgan fingerprint density at radius 2 is 1.65 bits per heavy atom. The Labute approximate surface area is 120 Å². The molecule has 2 heteroatoms. The van der Waals surface area contributed by atoms with Gasteiger partial charge in [-0.2, -0.15) is 5.26 Å². The molecule has 0 fully saturated rings. The van der Waals surface area contributed by atoms with Crippen molar-refractivity contribution in [3.8, 4) is 6.07 Å². The van der Waals surface area contributed by atoms with E-state index in [1.165, 1.54) is 22.3 Å². The number of hydrogen-bond donors (Lipinski definition) is 1. The third kappa shape index (κ3) is 2.33. The van der Waals surface area contributed by atoms with Crippen LogP contribution in [0.5, 0.6) is 0 Å². The van der Waals surface area contributed by atoms with Crippen molar-refractivity contribution in [1.29, 1.82) is 5.26 Å². The van der Waals surface area contributed by atoms with Crippen molar-refractivity contribution < 1.29 is 0 Å². The molecule has 1 N–H and O–H groups in total. The monoisotopic (exact) mass is 262 g/mol. The zero-order valence-corrected chi connectivity index (χ0v) is 11.6. The highest BCUT2D eigenvalue weighted by atomic mass is 14.9. The van der Waals surface area contributed by atoms with Crippen molar-refractivity contribution in [3.63, 3.8) is 0 Å². The van der Waals surface area contributed by atoms with Gasteiger partial charge < -0.3 is 5.32 Å². The van der Waals surface area contributed by atoms with Crippen molar-refractivity contribution in [3.05, 3.63) is 70.8 Å². The minimum atomic E-state index is 0.0243. The van der Waals surface area contributed by atoms with Crippen LogP contribution in [-0.2, 0) is 6.42 Å². The molecule has 2 aromatic rings. The third-order valence-electron chi connectivity index (χ3n) is 3.96. The van der Waals surface area contributed by atoms with E-state index in [-0.39, 0.29) is 12.0 Å². The zero-order valence-electron chi connectivity index (χ0n) is 11.6. The Morgan fingerprint density at radius 3 is 2.20 bits per heavy atom. The first kappa shape index (κ1) is 12.9. The second-order valence-corrected chi connectivity index (χ2v) is 5.45. The van der Waals surface area contributed by atoms with Crippen LogP contribution in [0, 0.1) is 17.2 Å². The molecule has 0 aromatic heterocycles. The van der Waals surface area contributed by atoms with E-state index >= 15 is 0 Å². The number of fused-ring (bicyclic) bond motifs is 2. The first-order valence-electron chi connectivity index (χ1n) is 7.08. The molecule has 0 spiro atoms. The van der Waals surface area contributed by atoms with Crippen LogP contribution in [0.15, 0.2) is 48.5 Å². The smallest absolute Gasteiger partial charge is 0.0666 e. The quantitative estimate of drug-likeness (QED) is 0.920. The van der Waals surface area contributed by atoms with Crippen LogP contribution in [0.2, 0.25) is 0 Å². The van der Waals surface area contributed by atoms with Gasteiger partial charge >= 0.3 is 0 Å². The molecule has 20 heavy (non-hydrogen) atoms. The molecule has 0 saturated carbocycles. The minimum absolute atomic E-state index is 0.0243. The van der Waals surface area contributed by atoms with Gasteiger partial charge in [0.15, 0.2) is 0 Å². The van der Waals surface area contributed by atoms with Gasteiger partial charge in [-0.25, -0.2) is 0 Å². The number of nitrogens with one attached hydrogen (secondary N) is 1. The average Bonchev–Trinajstić information content (AvgIpc) is 2.51. The highest BCUT2D eigenvalue weighted by molar-refractivity contribution is 5.48. The number of nitrogens with zero attached hydrogens (tertiary/aromatic N) is 1. The van der Waals surface area contributed by atoms with Crippen molar-refractivity contribution in [2.75, 3.05) is 6.54 Å². The topological polar surface area (TPSA) is 35.8 Å². The first-order valence-corrected chi connectivity index (χ1v) is 7.08. The maximum Gasteiger partial charge on any atom is 0.0666 e. The summed E-state index contributed by atoms with van der Waals surface area (Å²) in [5.41, 5.74) is 5.45. The van der Waals surface area contributed by atoms with Gasteiger partial charge in [0.05, 0.1) is 18.0 Å². The standard InChI is InChI=1S/C18H18N2/c1-13(11-19)12-20-18-16-8-4-2-6-14(16)10-15-7-3-5-9-17(15)18/h2-9,13,18,20H,10,12H2,1H3. The van der Waals surface area contributed by atoms with E-state index < -0.39 is 0 Å². The van der Waals surface area contributed by atoms with Gasteiger partial charge in [-0.15, -0.1) is 0 Å². The lowest BCUT2D eigenvalue weighted by Crippen LogP contribution is -2.30. The SMILES string of the molecule is CC(C#N)CNC1c2ccccc2Cc2ccccc21. The van der Waals surface area contributed by atoms with Crippen LogP contribution in [-0.4, -0.2) is 6.54 Å². The summed E-state index contributed by atoms with van der Waals surface area (Å²) in [5, 5.41) is 12.5. The van der Waals surface area contributed by atoms with E-state index in [1.807, 2.05) is 6.92 Å². The molecule has 2 aromatic carbocycles. The van der Waals surface area contributed by atoms with Crippen molar-refractivity contribution in [2.45, 2.75) is 19.4 Å². The number of hydrogen-bond acceptors (Lipinski definition) is 2. The fourth-order valence-corrected chi connectivity index (χ4v) is 2.89. The molecule has 1 aliphatic rings. The van der Waals surface area contributed by atoms with Gasteiger partial charge in [0, 0.05) is 6.54 Å². The van der Waals surface area contributed by atoms with E-state index in [0.29, 0.717) is 6.54 Å². The van der Waals surface area contributed by atoms with E-state index in [9.17, 15) is 0 Å². The number of rotatable bonds is 3. The fraction of sp³-hybridized carbons (Fsp3) is 0.278. The van der Waals surface area contributed by atoms with Crippen LogP contribution in [0.3, 0.4) is 0 Å².